The van der Waals surface area contributed by atoms with Gasteiger partial charge in [0, 0.05) is 36.6 Å². The van der Waals surface area contributed by atoms with E-state index >= 15 is 0 Å². The third-order valence-corrected chi connectivity index (χ3v) is 4.25. The molecule has 0 atom stereocenters. The van der Waals surface area contributed by atoms with Gasteiger partial charge in [0.25, 0.3) is 0 Å². The van der Waals surface area contributed by atoms with Crippen molar-refractivity contribution in [3.05, 3.63) is 90.4 Å². The number of hydrogen-bond acceptors (Lipinski definition) is 3. The Morgan fingerprint density at radius 3 is 2.71 bits per heavy atom. The molecule has 0 radical (unpaired) electrons. The molecule has 0 bridgehead atoms. The molecule has 3 nitrogen and oxygen atoms in total. The SMILES string of the molecule is CN1CN(C=Cc2ccccc2)C=C1c1cccc2ncccc12. The minimum atomic E-state index is 0.843. The molecule has 4 rings (SSSR count). The van der Waals surface area contributed by atoms with E-state index in [1.54, 1.807) is 0 Å². The minimum Gasteiger partial charge on any atom is -0.355 e. The summed E-state index contributed by atoms with van der Waals surface area (Å²) in [4.78, 5) is 8.93. The number of pyridine rings is 1. The van der Waals surface area contributed by atoms with Gasteiger partial charge in [-0.1, -0.05) is 48.5 Å². The molecule has 24 heavy (non-hydrogen) atoms. The first-order valence-electron chi connectivity index (χ1n) is 8.07. The molecular formula is C21H19N3. The van der Waals surface area contributed by atoms with E-state index in [0.29, 0.717) is 0 Å². The fourth-order valence-corrected chi connectivity index (χ4v) is 3.06. The van der Waals surface area contributed by atoms with E-state index in [2.05, 4.69) is 88.8 Å². The Kier molecular flexibility index (Phi) is 3.75. The number of fused-ring (bicyclic) bond motifs is 1. The third kappa shape index (κ3) is 2.76. The van der Waals surface area contributed by atoms with Gasteiger partial charge in [0.15, 0.2) is 0 Å². The van der Waals surface area contributed by atoms with E-state index in [4.69, 9.17) is 0 Å². The van der Waals surface area contributed by atoms with Crippen LogP contribution in [0.1, 0.15) is 11.1 Å². The first kappa shape index (κ1) is 14.5. The van der Waals surface area contributed by atoms with Crippen molar-refractivity contribution in [2.24, 2.45) is 0 Å². The van der Waals surface area contributed by atoms with E-state index in [9.17, 15) is 0 Å². The average Bonchev–Trinajstić information content (AvgIpc) is 3.01. The van der Waals surface area contributed by atoms with E-state index < -0.39 is 0 Å². The van der Waals surface area contributed by atoms with Gasteiger partial charge in [0.2, 0.25) is 0 Å². The maximum atomic E-state index is 4.46. The van der Waals surface area contributed by atoms with Crippen LogP contribution in [0.3, 0.4) is 0 Å². The van der Waals surface area contributed by atoms with Gasteiger partial charge in [-0.2, -0.15) is 0 Å². The lowest BCUT2D eigenvalue weighted by Gasteiger charge is -2.18. The van der Waals surface area contributed by atoms with Gasteiger partial charge < -0.3 is 9.80 Å². The molecule has 0 N–H and O–H groups in total. The lowest BCUT2D eigenvalue weighted by atomic mass is 10.1. The highest BCUT2D eigenvalue weighted by Gasteiger charge is 2.19. The molecule has 0 unspecified atom stereocenters. The number of benzene rings is 2. The van der Waals surface area contributed by atoms with Gasteiger partial charge in [-0.05, 0) is 23.8 Å². The fourth-order valence-electron chi connectivity index (χ4n) is 3.06. The molecule has 0 spiro atoms. The number of hydrogen-bond donors (Lipinski definition) is 0. The van der Waals surface area contributed by atoms with Crippen LogP contribution in [0.5, 0.6) is 0 Å². The van der Waals surface area contributed by atoms with Crippen molar-refractivity contribution in [3.8, 4) is 0 Å². The van der Waals surface area contributed by atoms with Crippen molar-refractivity contribution in [1.29, 1.82) is 0 Å². The van der Waals surface area contributed by atoms with Crippen molar-refractivity contribution in [3.63, 3.8) is 0 Å². The van der Waals surface area contributed by atoms with Crippen LogP contribution in [0.4, 0.5) is 0 Å². The fraction of sp³-hybridized carbons (Fsp3) is 0.0952. The summed E-state index contributed by atoms with van der Waals surface area (Å²) in [5, 5.41) is 1.19. The normalized spacial score (nSPS) is 14.6. The Balaban J connectivity index is 1.66. The average molecular weight is 313 g/mol. The molecule has 2 aromatic carbocycles. The molecule has 1 aliphatic heterocycles. The summed E-state index contributed by atoms with van der Waals surface area (Å²) < 4.78 is 0. The van der Waals surface area contributed by atoms with Crippen molar-refractivity contribution in [2.45, 2.75) is 0 Å². The Morgan fingerprint density at radius 1 is 0.958 bits per heavy atom. The summed E-state index contributed by atoms with van der Waals surface area (Å²) in [6.45, 7) is 0.843. The van der Waals surface area contributed by atoms with Crippen LogP contribution in [0.15, 0.2) is 79.3 Å². The number of rotatable bonds is 3. The van der Waals surface area contributed by atoms with Crippen molar-refractivity contribution in [1.82, 2.24) is 14.8 Å². The predicted molar refractivity (Wildman–Crippen MR) is 99.7 cm³/mol. The van der Waals surface area contributed by atoms with Crippen LogP contribution in [-0.2, 0) is 0 Å². The topological polar surface area (TPSA) is 19.4 Å². The van der Waals surface area contributed by atoms with Crippen molar-refractivity contribution >= 4 is 22.7 Å². The quantitative estimate of drug-likeness (QED) is 0.714. The van der Waals surface area contributed by atoms with Crippen molar-refractivity contribution < 1.29 is 0 Å². The summed E-state index contributed by atoms with van der Waals surface area (Å²) >= 11 is 0. The van der Waals surface area contributed by atoms with Gasteiger partial charge in [-0.3, -0.25) is 4.98 Å². The number of aromatic nitrogens is 1. The zero-order chi connectivity index (χ0) is 16.4. The Bertz CT molecular complexity index is 907. The Hall–Kier alpha value is -3.07. The minimum absolute atomic E-state index is 0.843. The maximum absolute atomic E-state index is 4.46. The van der Waals surface area contributed by atoms with Gasteiger partial charge in [0.1, 0.15) is 0 Å². The first-order valence-corrected chi connectivity index (χ1v) is 8.07. The van der Waals surface area contributed by atoms with E-state index in [-0.39, 0.29) is 0 Å². The Morgan fingerprint density at radius 2 is 1.83 bits per heavy atom. The van der Waals surface area contributed by atoms with Crippen LogP contribution in [0.2, 0.25) is 0 Å². The second-order valence-corrected chi connectivity index (χ2v) is 5.97. The lowest BCUT2D eigenvalue weighted by molar-refractivity contribution is 0.374. The zero-order valence-corrected chi connectivity index (χ0v) is 13.6. The highest BCUT2D eigenvalue weighted by Crippen LogP contribution is 2.29. The van der Waals surface area contributed by atoms with E-state index in [0.717, 1.165) is 12.2 Å². The predicted octanol–water partition coefficient (Wildman–Crippen LogP) is 4.41. The molecule has 3 heteroatoms. The second kappa shape index (κ2) is 6.20. The van der Waals surface area contributed by atoms with Gasteiger partial charge in [-0.15, -0.1) is 0 Å². The Labute approximate surface area is 142 Å². The summed E-state index contributed by atoms with van der Waals surface area (Å²) in [5.41, 5.74) is 4.67. The second-order valence-electron chi connectivity index (χ2n) is 5.97. The molecule has 0 fully saturated rings. The lowest BCUT2D eigenvalue weighted by Crippen LogP contribution is -2.19. The molecule has 118 valence electrons. The van der Waals surface area contributed by atoms with E-state index in [1.165, 1.54) is 22.2 Å². The zero-order valence-electron chi connectivity index (χ0n) is 13.6. The first-order chi connectivity index (χ1) is 11.8. The molecule has 1 aromatic heterocycles. The van der Waals surface area contributed by atoms with Gasteiger partial charge >= 0.3 is 0 Å². The molecule has 0 amide bonds. The summed E-state index contributed by atoms with van der Waals surface area (Å²) in [5.74, 6) is 0. The maximum Gasteiger partial charge on any atom is 0.0938 e. The molecular weight excluding hydrogens is 294 g/mol. The van der Waals surface area contributed by atoms with E-state index in [1.807, 2.05) is 18.3 Å². The smallest absolute Gasteiger partial charge is 0.0938 e. The third-order valence-electron chi connectivity index (χ3n) is 4.25. The molecule has 0 saturated heterocycles. The summed E-state index contributed by atoms with van der Waals surface area (Å²) in [6.07, 6.45) is 8.30. The van der Waals surface area contributed by atoms with Gasteiger partial charge in [-0.25, -0.2) is 0 Å². The van der Waals surface area contributed by atoms with Crippen LogP contribution >= 0.6 is 0 Å². The summed E-state index contributed by atoms with van der Waals surface area (Å²) in [7, 11) is 2.12. The largest absolute Gasteiger partial charge is 0.355 e. The molecule has 2 heterocycles. The molecule has 0 aliphatic carbocycles. The van der Waals surface area contributed by atoms with Gasteiger partial charge in [0.05, 0.1) is 17.9 Å². The van der Waals surface area contributed by atoms with Crippen LogP contribution in [0.25, 0.3) is 22.7 Å². The molecule has 3 aromatic rings. The van der Waals surface area contributed by atoms with Crippen LogP contribution in [-0.4, -0.2) is 28.5 Å². The van der Waals surface area contributed by atoms with Crippen molar-refractivity contribution in [2.75, 3.05) is 13.7 Å². The molecule has 0 saturated carbocycles. The monoisotopic (exact) mass is 313 g/mol. The number of nitrogens with zero attached hydrogens (tertiary/aromatic N) is 3. The van der Waals surface area contributed by atoms with Crippen LogP contribution in [0, 0.1) is 0 Å². The highest BCUT2D eigenvalue weighted by atomic mass is 15.3. The molecule has 1 aliphatic rings. The summed E-state index contributed by atoms with van der Waals surface area (Å²) in [6, 6.07) is 20.8. The highest BCUT2D eigenvalue weighted by molar-refractivity contribution is 5.91. The van der Waals surface area contributed by atoms with Crippen LogP contribution < -0.4 is 0 Å². The standard InChI is InChI=1S/C21H19N3/c1-23-16-24(14-12-17-7-3-2-4-8-17)15-21(23)19-9-5-11-20-18(19)10-6-13-22-20/h2-15H,16H2,1H3.